The Kier molecular flexibility index (Phi) is 3.75. The van der Waals surface area contributed by atoms with Gasteiger partial charge in [-0.3, -0.25) is 9.40 Å². The first-order valence-corrected chi connectivity index (χ1v) is 7.51. The lowest BCUT2D eigenvalue weighted by atomic mass is 10.3. The molecule has 2 aromatic rings. The third kappa shape index (κ3) is 3.02. The largest absolute Gasteiger partial charge is 0.278 e. The highest BCUT2D eigenvalue weighted by Crippen LogP contribution is 2.27. The molecule has 5 nitrogen and oxygen atoms in total. The van der Waals surface area contributed by atoms with Crippen LogP contribution in [0.25, 0.3) is 0 Å². The van der Waals surface area contributed by atoms with Crippen LogP contribution in [0.1, 0.15) is 5.69 Å². The molecule has 0 atom stereocenters. The molecule has 0 spiro atoms. The van der Waals surface area contributed by atoms with Crippen molar-refractivity contribution in [2.24, 2.45) is 7.05 Å². The molecule has 1 aromatic heterocycles. The maximum Gasteiger partial charge on any atom is 0.265 e. The fourth-order valence-corrected chi connectivity index (χ4v) is 3.42. The Morgan fingerprint density at radius 1 is 1.32 bits per heavy atom. The molecule has 0 aliphatic heterocycles. The van der Waals surface area contributed by atoms with Crippen LogP contribution >= 0.6 is 23.2 Å². The van der Waals surface area contributed by atoms with Crippen molar-refractivity contribution in [1.82, 2.24) is 9.78 Å². The first kappa shape index (κ1) is 14.2. The molecule has 2 rings (SSSR count). The Morgan fingerprint density at radius 2 is 2.00 bits per heavy atom. The number of sulfonamides is 1. The van der Waals surface area contributed by atoms with E-state index in [-0.39, 0.29) is 15.6 Å². The maximum atomic E-state index is 12.2. The van der Waals surface area contributed by atoms with E-state index in [4.69, 9.17) is 23.2 Å². The lowest BCUT2D eigenvalue weighted by molar-refractivity contribution is 0.600. The van der Waals surface area contributed by atoms with Crippen molar-refractivity contribution in [2.45, 2.75) is 11.8 Å². The lowest BCUT2D eigenvalue weighted by Gasteiger charge is -2.08. The molecular formula is C11H11Cl2N3O2S. The molecule has 0 aliphatic rings. The standard InChI is InChI=1S/C11H11Cl2N3O2S/c1-7-11(6-16(2)14-7)19(17,18)15-10-4-3-8(12)5-9(10)13/h3-6,15H,1-2H3. The summed E-state index contributed by atoms with van der Waals surface area (Å²) in [5.41, 5.74) is 0.689. The average molecular weight is 320 g/mol. The number of rotatable bonds is 3. The predicted octanol–water partition coefficient (Wildman–Crippen LogP) is 2.84. The summed E-state index contributed by atoms with van der Waals surface area (Å²) >= 11 is 11.7. The Bertz CT molecular complexity index is 726. The Morgan fingerprint density at radius 3 is 2.53 bits per heavy atom. The number of anilines is 1. The van der Waals surface area contributed by atoms with Gasteiger partial charge < -0.3 is 0 Å². The maximum absolute atomic E-state index is 12.2. The van der Waals surface area contributed by atoms with Crippen LogP contribution in [0.2, 0.25) is 10.0 Å². The average Bonchev–Trinajstić information content (AvgIpc) is 2.63. The quantitative estimate of drug-likeness (QED) is 0.946. The number of hydrogen-bond acceptors (Lipinski definition) is 3. The monoisotopic (exact) mass is 319 g/mol. The molecule has 0 saturated heterocycles. The van der Waals surface area contributed by atoms with E-state index in [1.807, 2.05) is 0 Å². The molecule has 1 heterocycles. The summed E-state index contributed by atoms with van der Waals surface area (Å²) in [6.45, 7) is 1.62. The zero-order valence-electron chi connectivity index (χ0n) is 10.2. The Hall–Kier alpha value is -1.24. The van der Waals surface area contributed by atoms with E-state index < -0.39 is 10.0 Å². The van der Waals surface area contributed by atoms with Gasteiger partial charge >= 0.3 is 0 Å². The summed E-state index contributed by atoms with van der Waals surface area (Å²) in [5.74, 6) is 0. The van der Waals surface area contributed by atoms with Gasteiger partial charge in [0, 0.05) is 18.3 Å². The topological polar surface area (TPSA) is 64.0 Å². The number of benzene rings is 1. The number of aromatic nitrogens is 2. The molecule has 0 radical (unpaired) electrons. The van der Waals surface area contributed by atoms with Crippen LogP contribution < -0.4 is 4.72 Å². The molecule has 19 heavy (non-hydrogen) atoms. The first-order valence-electron chi connectivity index (χ1n) is 5.28. The van der Waals surface area contributed by atoms with Crippen LogP contribution in [0.5, 0.6) is 0 Å². The van der Waals surface area contributed by atoms with Gasteiger partial charge in [0.2, 0.25) is 0 Å². The van der Waals surface area contributed by atoms with Gasteiger partial charge in [0.05, 0.1) is 16.4 Å². The van der Waals surface area contributed by atoms with E-state index in [1.54, 1.807) is 20.0 Å². The third-order valence-electron chi connectivity index (χ3n) is 2.43. The summed E-state index contributed by atoms with van der Waals surface area (Å²) in [5, 5.41) is 4.67. The van der Waals surface area contributed by atoms with Crippen LogP contribution in [0.3, 0.4) is 0 Å². The molecule has 8 heteroatoms. The van der Waals surface area contributed by atoms with Gasteiger partial charge in [0.15, 0.2) is 0 Å². The van der Waals surface area contributed by atoms with Crippen molar-refractivity contribution >= 4 is 38.9 Å². The van der Waals surface area contributed by atoms with E-state index in [9.17, 15) is 8.42 Å². The van der Waals surface area contributed by atoms with E-state index in [2.05, 4.69) is 9.82 Å². The molecule has 1 aromatic carbocycles. The lowest BCUT2D eigenvalue weighted by Crippen LogP contribution is -2.13. The summed E-state index contributed by atoms with van der Waals surface area (Å²) < 4.78 is 28.3. The summed E-state index contributed by atoms with van der Waals surface area (Å²) in [4.78, 5) is 0.112. The summed E-state index contributed by atoms with van der Waals surface area (Å²) in [7, 11) is -2.07. The minimum Gasteiger partial charge on any atom is -0.278 e. The number of nitrogens with one attached hydrogen (secondary N) is 1. The molecule has 0 unspecified atom stereocenters. The smallest absolute Gasteiger partial charge is 0.265 e. The zero-order valence-corrected chi connectivity index (χ0v) is 12.5. The molecular weight excluding hydrogens is 309 g/mol. The fourth-order valence-electron chi connectivity index (χ4n) is 1.61. The minimum atomic E-state index is -3.72. The van der Waals surface area contributed by atoms with Gasteiger partial charge in [-0.25, -0.2) is 8.42 Å². The van der Waals surface area contributed by atoms with E-state index in [0.29, 0.717) is 10.7 Å². The minimum absolute atomic E-state index is 0.112. The van der Waals surface area contributed by atoms with Crippen LogP contribution in [-0.2, 0) is 17.1 Å². The SMILES string of the molecule is Cc1nn(C)cc1S(=O)(=O)Nc1ccc(Cl)cc1Cl. The molecule has 0 bridgehead atoms. The highest BCUT2D eigenvalue weighted by molar-refractivity contribution is 7.92. The van der Waals surface area contributed by atoms with Gasteiger partial charge in [-0.2, -0.15) is 5.10 Å². The predicted molar refractivity (Wildman–Crippen MR) is 75.2 cm³/mol. The normalized spacial score (nSPS) is 11.6. The second kappa shape index (κ2) is 5.03. The van der Waals surface area contributed by atoms with Gasteiger partial charge in [-0.15, -0.1) is 0 Å². The van der Waals surface area contributed by atoms with Gasteiger partial charge in [-0.1, -0.05) is 23.2 Å². The Balaban J connectivity index is 2.39. The highest BCUT2D eigenvalue weighted by Gasteiger charge is 2.20. The van der Waals surface area contributed by atoms with Crippen molar-refractivity contribution in [3.8, 4) is 0 Å². The van der Waals surface area contributed by atoms with E-state index >= 15 is 0 Å². The first-order chi connectivity index (χ1) is 8.79. The Labute approximate surface area is 121 Å². The van der Waals surface area contributed by atoms with Gasteiger partial charge in [0.25, 0.3) is 10.0 Å². The van der Waals surface area contributed by atoms with Crippen molar-refractivity contribution in [1.29, 1.82) is 0 Å². The second-order valence-corrected chi connectivity index (χ2v) is 6.48. The molecule has 0 saturated carbocycles. The third-order valence-corrected chi connectivity index (χ3v) is 4.45. The van der Waals surface area contributed by atoms with E-state index in [1.165, 1.54) is 23.0 Å². The molecule has 0 amide bonds. The zero-order chi connectivity index (χ0) is 14.2. The summed E-state index contributed by atoms with van der Waals surface area (Å²) in [6.07, 6.45) is 1.43. The number of nitrogens with zero attached hydrogens (tertiary/aromatic N) is 2. The molecule has 0 fully saturated rings. The second-order valence-electron chi connectivity index (χ2n) is 3.98. The van der Waals surface area contributed by atoms with Crippen LogP contribution in [-0.4, -0.2) is 18.2 Å². The number of aryl methyl sites for hydroxylation is 2. The van der Waals surface area contributed by atoms with Gasteiger partial charge in [-0.05, 0) is 25.1 Å². The van der Waals surface area contributed by atoms with Gasteiger partial charge in [0.1, 0.15) is 4.90 Å². The fraction of sp³-hybridized carbons (Fsp3) is 0.182. The van der Waals surface area contributed by atoms with Crippen LogP contribution in [0.15, 0.2) is 29.3 Å². The van der Waals surface area contributed by atoms with Crippen molar-refractivity contribution in [2.75, 3.05) is 4.72 Å². The van der Waals surface area contributed by atoms with Crippen LogP contribution in [0.4, 0.5) is 5.69 Å². The van der Waals surface area contributed by atoms with Crippen molar-refractivity contribution in [3.05, 3.63) is 40.1 Å². The van der Waals surface area contributed by atoms with Crippen molar-refractivity contribution < 1.29 is 8.42 Å². The number of halogens is 2. The number of hydrogen-bond donors (Lipinski definition) is 1. The molecule has 1 N–H and O–H groups in total. The van der Waals surface area contributed by atoms with Crippen molar-refractivity contribution in [3.63, 3.8) is 0 Å². The molecule has 102 valence electrons. The summed E-state index contributed by atoms with van der Waals surface area (Å²) in [6, 6.07) is 4.53. The highest BCUT2D eigenvalue weighted by atomic mass is 35.5. The van der Waals surface area contributed by atoms with Crippen LogP contribution in [0, 0.1) is 6.92 Å². The van der Waals surface area contributed by atoms with E-state index in [0.717, 1.165) is 0 Å². The molecule has 0 aliphatic carbocycles.